The second-order valence-electron chi connectivity index (χ2n) is 5.08. The number of aromatic amines is 2. The molecule has 22 heavy (non-hydrogen) atoms. The number of hydrogen-bond donors (Lipinski definition) is 4. The van der Waals surface area contributed by atoms with E-state index in [1.54, 1.807) is 0 Å². The lowest BCUT2D eigenvalue weighted by atomic mass is 10.2. The van der Waals surface area contributed by atoms with Gasteiger partial charge in [-0.15, -0.1) is 0 Å². The Hall–Kier alpha value is -3.02. The summed E-state index contributed by atoms with van der Waals surface area (Å²) >= 11 is 0. The summed E-state index contributed by atoms with van der Waals surface area (Å²) in [7, 11) is 0. The summed E-state index contributed by atoms with van der Waals surface area (Å²) in [6.45, 7) is 0. The van der Waals surface area contributed by atoms with Gasteiger partial charge in [0.15, 0.2) is 11.5 Å². The third-order valence-electron chi connectivity index (χ3n) is 3.72. The molecular formula is C16H10F2N2O2. The van der Waals surface area contributed by atoms with Gasteiger partial charge in [0.1, 0.15) is 23.0 Å². The quantitative estimate of drug-likeness (QED) is 0.429. The van der Waals surface area contributed by atoms with E-state index in [-0.39, 0.29) is 22.9 Å². The van der Waals surface area contributed by atoms with Gasteiger partial charge in [-0.2, -0.15) is 0 Å². The number of aromatic hydroxyl groups is 2. The van der Waals surface area contributed by atoms with E-state index >= 15 is 0 Å². The standard InChI is InChI=1S/C16H10F2N2O2/c17-7-1-3-9-11(5-7)19-13(15(9)21)14-16(22)10-4-2-8(18)6-12(10)20-14/h1-6,19-22H. The Bertz CT molecular complexity index is 950. The molecule has 4 nitrogen and oxygen atoms in total. The number of hydrogen-bond acceptors (Lipinski definition) is 2. The van der Waals surface area contributed by atoms with Gasteiger partial charge in [0, 0.05) is 10.8 Å². The Labute approximate surface area is 122 Å². The second-order valence-corrected chi connectivity index (χ2v) is 5.08. The van der Waals surface area contributed by atoms with Crippen molar-refractivity contribution in [1.82, 2.24) is 9.97 Å². The predicted molar refractivity (Wildman–Crippen MR) is 78.8 cm³/mol. The van der Waals surface area contributed by atoms with Crippen LogP contribution >= 0.6 is 0 Å². The monoisotopic (exact) mass is 300 g/mol. The van der Waals surface area contributed by atoms with E-state index in [0.717, 1.165) is 0 Å². The van der Waals surface area contributed by atoms with E-state index in [9.17, 15) is 19.0 Å². The highest BCUT2D eigenvalue weighted by Gasteiger charge is 2.19. The zero-order valence-electron chi connectivity index (χ0n) is 11.1. The average Bonchev–Trinajstić information content (AvgIpc) is 2.96. The Morgan fingerprint density at radius 2 is 1.09 bits per heavy atom. The number of fused-ring (bicyclic) bond motifs is 2. The van der Waals surface area contributed by atoms with E-state index in [1.807, 2.05) is 0 Å². The van der Waals surface area contributed by atoms with E-state index in [4.69, 9.17) is 0 Å². The zero-order valence-corrected chi connectivity index (χ0v) is 11.1. The first kappa shape index (κ1) is 12.7. The van der Waals surface area contributed by atoms with Crippen molar-refractivity contribution in [2.75, 3.05) is 0 Å². The van der Waals surface area contributed by atoms with Crippen LogP contribution in [0.15, 0.2) is 36.4 Å². The van der Waals surface area contributed by atoms with Gasteiger partial charge >= 0.3 is 0 Å². The highest BCUT2D eigenvalue weighted by atomic mass is 19.1. The molecule has 0 radical (unpaired) electrons. The molecule has 0 fully saturated rings. The van der Waals surface area contributed by atoms with Crippen LogP contribution in [0.5, 0.6) is 11.5 Å². The van der Waals surface area contributed by atoms with Crippen molar-refractivity contribution >= 4 is 21.8 Å². The molecule has 0 saturated carbocycles. The highest BCUT2D eigenvalue weighted by molar-refractivity contribution is 5.99. The average molecular weight is 300 g/mol. The summed E-state index contributed by atoms with van der Waals surface area (Å²) in [5, 5.41) is 21.4. The van der Waals surface area contributed by atoms with Gasteiger partial charge in [0.05, 0.1) is 11.0 Å². The lowest BCUT2D eigenvalue weighted by Gasteiger charge is -1.97. The molecule has 0 saturated heterocycles. The van der Waals surface area contributed by atoms with Crippen LogP contribution in [0.4, 0.5) is 8.78 Å². The van der Waals surface area contributed by atoms with Crippen molar-refractivity contribution in [3.05, 3.63) is 48.0 Å². The lowest BCUT2D eigenvalue weighted by molar-refractivity contribution is 0.475. The Balaban J connectivity index is 2.02. The van der Waals surface area contributed by atoms with Crippen LogP contribution in [0.25, 0.3) is 33.2 Å². The van der Waals surface area contributed by atoms with E-state index in [1.165, 1.54) is 36.4 Å². The van der Waals surface area contributed by atoms with Crippen LogP contribution in [0, 0.1) is 11.6 Å². The first-order valence-corrected chi connectivity index (χ1v) is 6.55. The van der Waals surface area contributed by atoms with Crippen LogP contribution in [0.3, 0.4) is 0 Å². The largest absolute Gasteiger partial charge is 0.505 e. The van der Waals surface area contributed by atoms with Crippen molar-refractivity contribution in [2.45, 2.75) is 0 Å². The zero-order chi connectivity index (χ0) is 15.4. The molecule has 0 aliphatic heterocycles. The predicted octanol–water partition coefficient (Wildman–Crippen LogP) is 4.01. The minimum absolute atomic E-state index is 0.114. The summed E-state index contributed by atoms with van der Waals surface area (Å²) in [6.07, 6.45) is 0. The van der Waals surface area contributed by atoms with Crippen molar-refractivity contribution in [2.24, 2.45) is 0 Å². The van der Waals surface area contributed by atoms with E-state index in [0.29, 0.717) is 21.8 Å². The van der Waals surface area contributed by atoms with Gasteiger partial charge in [-0.3, -0.25) is 0 Å². The summed E-state index contributed by atoms with van der Waals surface area (Å²) in [5.41, 5.74) is 1.23. The summed E-state index contributed by atoms with van der Waals surface area (Å²) in [4.78, 5) is 5.72. The fourth-order valence-electron chi connectivity index (χ4n) is 2.67. The Kier molecular flexibility index (Phi) is 2.45. The van der Waals surface area contributed by atoms with Gasteiger partial charge in [0.2, 0.25) is 0 Å². The molecule has 0 bridgehead atoms. The van der Waals surface area contributed by atoms with Crippen LogP contribution < -0.4 is 0 Å². The smallest absolute Gasteiger partial charge is 0.150 e. The lowest BCUT2D eigenvalue weighted by Crippen LogP contribution is -1.78. The molecule has 2 aromatic carbocycles. The molecule has 6 heteroatoms. The Morgan fingerprint density at radius 3 is 1.50 bits per heavy atom. The van der Waals surface area contributed by atoms with Crippen molar-refractivity contribution in [3.63, 3.8) is 0 Å². The number of benzene rings is 2. The molecule has 4 N–H and O–H groups in total. The van der Waals surface area contributed by atoms with Gasteiger partial charge in [-0.25, -0.2) is 8.78 Å². The second kappa shape index (κ2) is 4.24. The third kappa shape index (κ3) is 1.67. The first-order valence-electron chi connectivity index (χ1n) is 6.55. The minimum Gasteiger partial charge on any atom is -0.505 e. The van der Waals surface area contributed by atoms with E-state index in [2.05, 4.69) is 9.97 Å². The van der Waals surface area contributed by atoms with E-state index < -0.39 is 11.6 Å². The maximum absolute atomic E-state index is 13.3. The maximum Gasteiger partial charge on any atom is 0.150 e. The van der Waals surface area contributed by atoms with Crippen molar-refractivity contribution in [3.8, 4) is 22.9 Å². The normalized spacial score (nSPS) is 11.5. The highest BCUT2D eigenvalue weighted by Crippen LogP contribution is 2.42. The van der Waals surface area contributed by atoms with Gasteiger partial charge in [-0.1, -0.05) is 0 Å². The number of H-pyrrole nitrogens is 2. The summed E-state index contributed by atoms with van der Waals surface area (Å²) in [5.74, 6) is -1.11. The van der Waals surface area contributed by atoms with Gasteiger partial charge < -0.3 is 20.2 Å². The summed E-state index contributed by atoms with van der Waals surface area (Å²) < 4.78 is 26.5. The molecule has 2 heterocycles. The third-order valence-corrected chi connectivity index (χ3v) is 3.72. The van der Waals surface area contributed by atoms with Crippen LogP contribution in [-0.2, 0) is 0 Å². The van der Waals surface area contributed by atoms with Crippen LogP contribution in [0.1, 0.15) is 0 Å². The molecule has 0 amide bonds. The fourth-order valence-corrected chi connectivity index (χ4v) is 2.67. The maximum atomic E-state index is 13.3. The van der Waals surface area contributed by atoms with Crippen molar-refractivity contribution in [1.29, 1.82) is 0 Å². The molecule has 4 rings (SSSR count). The SMILES string of the molecule is Oc1c(-c2[nH]c3cc(F)ccc3c2O)[nH]c2cc(F)ccc12. The molecule has 0 aliphatic rings. The molecule has 0 unspecified atom stereocenters. The molecule has 110 valence electrons. The van der Waals surface area contributed by atoms with Crippen LogP contribution in [0.2, 0.25) is 0 Å². The molecular weight excluding hydrogens is 290 g/mol. The topological polar surface area (TPSA) is 72.0 Å². The van der Waals surface area contributed by atoms with Gasteiger partial charge in [0.25, 0.3) is 0 Å². The first-order chi connectivity index (χ1) is 10.5. The molecule has 4 aromatic rings. The molecule has 2 aromatic heterocycles. The fraction of sp³-hybridized carbons (Fsp3) is 0. The molecule has 0 aliphatic carbocycles. The number of rotatable bonds is 1. The van der Waals surface area contributed by atoms with Crippen LogP contribution in [-0.4, -0.2) is 20.2 Å². The minimum atomic E-state index is -0.441. The van der Waals surface area contributed by atoms with Crippen molar-refractivity contribution < 1.29 is 19.0 Å². The Morgan fingerprint density at radius 1 is 0.682 bits per heavy atom. The number of nitrogens with one attached hydrogen (secondary N) is 2. The number of halogens is 2. The molecule has 0 spiro atoms. The van der Waals surface area contributed by atoms with Gasteiger partial charge in [-0.05, 0) is 36.4 Å². The summed E-state index contributed by atoms with van der Waals surface area (Å²) in [6, 6.07) is 7.86. The molecule has 0 atom stereocenters. The number of aromatic nitrogens is 2.